The average Bonchev–Trinajstić information content (AvgIpc) is 2.58. The van der Waals surface area contributed by atoms with Crippen molar-refractivity contribution in [1.82, 2.24) is 0 Å². The molecule has 0 radical (unpaired) electrons. The highest BCUT2D eigenvalue weighted by atomic mass is 32.2. The van der Waals surface area contributed by atoms with Crippen LogP contribution in [0.2, 0.25) is 0 Å². The largest absolute Gasteiger partial charge is 0.328 e. The van der Waals surface area contributed by atoms with E-state index in [9.17, 15) is 0 Å². The van der Waals surface area contributed by atoms with Crippen LogP contribution in [-0.4, -0.2) is 11.3 Å². The second-order valence-corrected chi connectivity index (χ2v) is 5.92. The molecule has 1 aliphatic rings. The molecule has 2 N–H and O–H groups in total. The fourth-order valence-corrected chi connectivity index (χ4v) is 3.56. The lowest BCUT2D eigenvalue weighted by molar-refractivity contribution is 0.706. The van der Waals surface area contributed by atoms with Gasteiger partial charge in [0.15, 0.2) is 0 Å². The summed E-state index contributed by atoms with van der Waals surface area (Å²) in [4.78, 5) is 1.44. The summed E-state index contributed by atoms with van der Waals surface area (Å²) in [7, 11) is 0. The van der Waals surface area contributed by atoms with Gasteiger partial charge in [0.25, 0.3) is 0 Å². The van der Waals surface area contributed by atoms with E-state index in [1.165, 1.54) is 35.3 Å². The van der Waals surface area contributed by atoms with Crippen LogP contribution in [0.1, 0.15) is 30.4 Å². The first kappa shape index (κ1) is 11.0. The van der Waals surface area contributed by atoms with Crippen LogP contribution in [0.15, 0.2) is 23.1 Å². The molecular weight excluding hydrogens is 202 g/mol. The third kappa shape index (κ3) is 2.76. The fourth-order valence-electron chi connectivity index (χ4n) is 2.09. The highest BCUT2D eigenvalue weighted by Crippen LogP contribution is 2.36. The van der Waals surface area contributed by atoms with Gasteiger partial charge in [-0.05, 0) is 44.7 Å². The standard InChI is InChI=1S/C13H19NS/c1-9-3-4-10(2)13(7-9)15-12-6-5-11(14)8-12/h3-4,7,11-12H,5-6,8,14H2,1-2H3. The van der Waals surface area contributed by atoms with Gasteiger partial charge < -0.3 is 5.73 Å². The number of benzene rings is 1. The summed E-state index contributed by atoms with van der Waals surface area (Å²) >= 11 is 2.02. The van der Waals surface area contributed by atoms with Gasteiger partial charge in [0.05, 0.1) is 0 Å². The minimum atomic E-state index is 0.438. The van der Waals surface area contributed by atoms with Crippen molar-refractivity contribution in [2.75, 3.05) is 0 Å². The lowest BCUT2D eigenvalue weighted by Gasteiger charge is -2.12. The topological polar surface area (TPSA) is 26.0 Å². The third-order valence-electron chi connectivity index (χ3n) is 3.06. The van der Waals surface area contributed by atoms with E-state index in [1.54, 1.807) is 0 Å². The van der Waals surface area contributed by atoms with Crippen molar-refractivity contribution < 1.29 is 0 Å². The maximum atomic E-state index is 5.93. The molecule has 1 aliphatic carbocycles. The van der Waals surface area contributed by atoms with Crippen molar-refractivity contribution in [1.29, 1.82) is 0 Å². The van der Waals surface area contributed by atoms with Gasteiger partial charge in [-0.2, -0.15) is 0 Å². The van der Waals surface area contributed by atoms with E-state index in [1.807, 2.05) is 11.8 Å². The molecule has 2 rings (SSSR count). The van der Waals surface area contributed by atoms with Crippen molar-refractivity contribution in [2.24, 2.45) is 5.73 Å². The molecule has 0 amide bonds. The van der Waals surface area contributed by atoms with Gasteiger partial charge in [-0.1, -0.05) is 17.7 Å². The molecule has 1 aromatic carbocycles. The third-order valence-corrected chi connectivity index (χ3v) is 4.52. The van der Waals surface area contributed by atoms with Crippen LogP contribution in [-0.2, 0) is 0 Å². The predicted octanol–water partition coefficient (Wildman–Crippen LogP) is 3.28. The summed E-state index contributed by atoms with van der Waals surface area (Å²) < 4.78 is 0. The summed E-state index contributed by atoms with van der Waals surface area (Å²) in [6.07, 6.45) is 3.65. The Balaban J connectivity index is 2.07. The van der Waals surface area contributed by atoms with Gasteiger partial charge in [0, 0.05) is 16.2 Å². The van der Waals surface area contributed by atoms with Gasteiger partial charge in [0.1, 0.15) is 0 Å². The van der Waals surface area contributed by atoms with Gasteiger partial charge in [-0.15, -0.1) is 11.8 Å². The summed E-state index contributed by atoms with van der Waals surface area (Å²) in [5.41, 5.74) is 8.68. The molecule has 2 unspecified atom stereocenters. The molecule has 0 saturated heterocycles. The molecule has 2 heteroatoms. The van der Waals surface area contributed by atoms with Gasteiger partial charge in [0.2, 0.25) is 0 Å². The van der Waals surface area contributed by atoms with Crippen LogP contribution < -0.4 is 5.73 Å². The first-order valence-corrected chi connectivity index (χ1v) is 6.52. The minimum absolute atomic E-state index is 0.438. The van der Waals surface area contributed by atoms with Crippen molar-refractivity contribution in [3.8, 4) is 0 Å². The average molecular weight is 221 g/mol. The zero-order valence-electron chi connectivity index (χ0n) is 9.49. The van der Waals surface area contributed by atoms with E-state index in [4.69, 9.17) is 5.73 Å². The summed E-state index contributed by atoms with van der Waals surface area (Å²) in [6, 6.07) is 7.13. The highest BCUT2D eigenvalue weighted by Gasteiger charge is 2.22. The van der Waals surface area contributed by atoms with Crippen molar-refractivity contribution in [3.05, 3.63) is 29.3 Å². The molecule has 0 spiro atoms. The quantitative estimate of drug-likeness (QED) is 0.829. The van der Waals surface area contributed by atoms with Gasteiger partial charge in [-0.25, -0.2) is 0 Å². The van der Waals surface area contributed by atoms with Crippen LogP contribution in [0.3, 0.4) is 0 Å². The Kier molecular flexibility index (Phi) is 3.37. The van der Waals surface area contributed by atoms with Crippen molar-refractivity contribution >= 4 is 11.8 Å². The second kappa shape index (κ2) is 4.58. The van der Waals surface area contributed by atoms with Crippen LogP contribution in [0.4, 0.5) is 0 Å². The number of aryl methyl sites for hydroxylation is 2. The molecule has 82 valence electrons. The summed E-state index contributed by atoms with van der Waals surface area (Å²) in [5, 5.41) is 0.737. The summed E-state index contributed by atoms with van der Waals surface area (Å²) in [6.45, 7) is 4.35. The molecule has 1 nitrogen and oxygen atoms in total. The lowest BCUT2D eigenvalue weighted by Crippen LogP contribution is -2.15. The van der Waals surface area contributed by atoms with E-state index in [-0.39, 0.29) is 0 Å². The zero-order valence-corrected chi connectivity index (χ0v) is 10.3. The Morgan fingerprint density at radius 3 is 2.73 bits per heavy atom. The second-order valence-electron chi connectivity index (χ2n) is 4.58. The number of hydrogen-bond acceptors (Lipinski definition) is 2. The van der Waals surface area contributed by atoms with Crippen molar-refractivity contribution in [2.45, 2.75) is 49.3 Å². The van der Waals surface area contributed by atoms with E-state index in [0.717, 1.165) is 5.25 Å². The fraction of sp³-hybridized carbons (Fsp3) is 0.538. The van der Waals surface area contributed by atoms with Crippen LogP contribution in [0.5, 0.6) is 0 Å². The molecule has 1 saturated carbocycles. The Morgan fingerprint density at radius 2 is 2.07 bits per heavy atom. The predicted molar refractivity (Wildman–Crippen MR) is 67.4 cm³/mol. The van der Waals surface area contributed by atoms with Crippen LogP contribution in [0.25, 0.3) is 0 Å². The Bertz CT molecular complexity index is 348. The van der Waals surface area contributed by atoms with Crippen LogP contribution in [0, 0.1) is 13.8 Å². The molecule has 0 heterocycles. The van der Waals surface area contributed by atoms with E-state index < -0.39 is 0 Å². The molecule has 2 atom stereocenters. The number of nitrogens with two attached hydrogens (primary N) is 1. The van der Waals surface area contributed by atoms with Gasteiger partial charge >= 0.3 is 0 Å². The molecular formula is C13H19NS. The Morgan fingerprint density at radius 1 is 1.27 bits per heavy atom. The molecule has 1 fully saturated rings. The molecule has 0 aliphatic heterocycles. The lowest BCUT2D eigenvalue weighted by atomic mass is 10.2. The van der Waals surface area contributed by atoms with Crippen molar-refractivity contribution in [3.63, 3.8) is 0 Å². The maximum absolute atomic E-state index is 5.93. The highest BCUT2D eigenvalue weighted by molar-refractivity contribution is 8.00. The molecule has 15 heavy (non-hydrogen) atoms. The van der Waals surface area contributed by atoms with Gasteiger partial charge in [-0.3, -0.25) is 0 Å². The monoisotopic (exact) mass is 221 g/mol. The first-order valence-electron chi connectivity index (χ1n) is 5.64. The normalized spacial score (nSPS) is 25.8. The van der Waals surface area contributed by atoms with E-state index >= 15 is 0 Å². The van der Waals surface area contributed by atoms with E-state index in [2.05, 4.69) is 32.0 Å². The molecule has 0 bridgehead atoms. The SMILES string of the molecule is Cc1ccc(C)c(SC2CCC(N)C2)c1. The number of thioether (sulfide) groups is 1. The smallest absolute Gasteiger partial charge is 0.0110 e. The van der Waals surface area contributed by atoms with E-state index in [0.29, 0.717) is 6.04 Å². The number of rotatable bonds is 2. The van der Waals surface area contributed by atoms with Crippen LogP contribution >= 0.6 is 11.8 Å². The Hall–Kier alpha value is -0.470. The summed E-state index contributed by atoms with van der Waals surface area (Å²) in [5.74, 6) is 0. The Labute approximate surface area is 96.4 Å². The maximum Gasteiger partial charge on any atom is 0.0110 e. The zero-order chi connectivity index (χ0) is 10.8. The first-order chi connectivity index (χ1) is 7.15. The number of hydrogen-bond donors (Lipinski definition) is 1. The molecule has 0 aromatic heterocycles. The molecule has 1 aromatic rings. The minimum Gasteiger partial charge on any atom is -0.328 e.